The number of aromatic nitrogens is 2. The van der Waals surface area contributed by atoms with Crippen LogP contribution in [-0.4, -0.2) is 29.9 Å². The molecule has 118 valence electrons. The van der Waals surface area contributed by atoms with Crippen molar-refractivity contribution in [3.8, 4) is 11.3 Å². The van der Waals surface area contributed by atoms with Crippen LogP contribution >= 0.6 is 0 Å². The van der Waals surface area contributed by atoms with Gasteiger partial charge in [-0.25, -0.2) is 4.39 Å². The van der Waals surface area contributed by atoms with E-state index < -0.39 is 0 Å². The van der Waals surface area contributed by atoms with Crippen LogP contribution in [0, 0.1) is 5.82 Å². The van der Waals surface area contributed by atoms with E-state index in [1.165, 1.54) is 19.2 Å². The van der Waals surface area contributed by atoms with E-state index in [1.54, 1.807) is 24.4 Å². The minimum atomic E-state index is -0.328. The van der Waals surface area contributed by atoms with Crippen LogP contribution in [0.3, 0.4) is 0 Å². The van der Waals surface area contributed by atoms with Crippen molar-refractivity contribution >= 4 is 18.2 Å². The molecule has 0 spiro atoms. The molecular formula is C17H17FN4O. The van der Waals surface area contributed by atoms with Crippen molar-refractivity contribution < 1.29 is 9.18 Å². The highest BCUT2D eigenvalue weighted by atomic mass is 19.1. The van der Waals surface area contributed by atoms with Gasteiger partial charge in [0, 0.05) is 18.2 Å². The summed E-state index contributed by atoms with van der Waals surface area (Å²) in [5.74, 6) is -0.634. The average Bonchev–Trinajstić information content (AvgIpc) is 3.05. The molecule has 2 rings (SSSR count). The lowest BCUT2D eigenvalue weighted by Gasteiger charge is -2.06. The number of nitrogens with one attached hydrogen (secondary N) is 2. The third-order valence-corrected chi connectivity index (χ3v) is 3.32. The van der Waals surface area contributed by atoms with E-state index in [4.69, 9.17) is 0 Å². The normalized spacial score (nSPS) is 12.1. The van der Waals surface area contributed by atoms with Crippen molar-refractivity contribution in [1.82, 2.24) is 15.5 Å². The highest BCUT2D eigenvalue weighted by Gasteiger charge is 2.13. The minimum Gasteiger partial charge on any atom is -0.354 e. The molecular weight excluding hydrogens is 295 g/mol. The Morgan fingerprint density at radius 2 is 2.09 bits per heavy atom. The number of hydrogen-bond donors (Lipinski definition) is 2. The summed E-state index contributed by atoms with van der Waals surface area (Å²) in [4.78, 5) is 15.5. The van der Waals surface area contributed by atoms with Crippen molar-refractivity contribution in [1.29, 1.82) is 0 Å². The van der Waals surface area contributed by atoms with E-state index in [2.05, 4.69) is 27.2 Å². The Morgan fingerprint density at radius 1 is 1.39 bits per heavy atom. The number of rotatable bonds is 5. The average molecular weight is 312 g/mol. The smallest absolute Gasteiger partial charge is 0.269 e. The molecule has 0 saturated heterocycles. The summed E-state index contributed by atoms with van der Waals surface area (Å²) in [6.45, 7) is 5.26. The van der Waals surface area contributed by atoms with Crippen LogP contribution < -0.4 is 5.32 Å². The van der Waals surface area contributed by atoms with Crippen molar-refractivity contribution in [3.05, 3.63) is 59.7 Å². The molecule has 0 saturated carbocycles. The topological polar surface area (TPSA) is 70.1 Å². The van der Waals surface area contributed by atoms with Crippen LogP contribution in [0.25, 0.3) is 16.8 Å². The van der Waals surface area contributed by atoms with Gasteiger partial charge in [-0.3, -0.25) is 14.9 Å². The second-order valence-electron chi connectivity index (χ2n) is 4.68. The van der Waals surface area contributed by atoms with Gasteiger partial charge in [0.1, 0.15) is 11.5 Å². The van der Waals surface area contributed by atoms with Crippen molar-refractivity contribution in [3.63, 3.8) is 0 Å². The predicted octanol–water partition coefficient (Wildman–Crippen LogP) is 2.95. The molecule has 0 fully saturated rings. The number of allylic oxidation sites excluding steroid dienone is 3. The molecule has 0 radical (unpaired) electrons. The summed E-state index contributed by atoms with van der Waals surface area (Å²) in [5, 5.41) is 9.46. The Kier molecular flexibility index (Phi) is 5.19. The summed E-state index contributed by atoms with van der Waals surface area (Å²) in [6, 6.07) is 6.09. The quantitative estimate of drug-likeness (QED) is 0.506. The predicted molar refractivity (Wildman–Crippen MR) is 89.3 cm³/mol. The van der Waals surface area contributed by atoms with Crippen LogP contribution in [0.15, 0.2) is 53.3 Å². The number of benzene rings is 1. The van der Waals surface area contributed by atoms with E-state index in [-0.39, 0.29) is 17.4 Å². The first-order chi connectivity index (χ1) is 11.1. The lowest BCUT2D eigenvalue weighted by atomic mass is 10.0. The second-order valence-corrected chi connectivity index (χ2v) is 4.68. The summed E-state index contributed by atoms with van der Waals surface area (Å²) in [6.07, 6.45) is 5.12. The zero-order chi connectivity index (χ0) is 16.8. The molecule has 5 nitrogen and oxygen atoms in total. The highest BCUT2D eigenvalue weighted by molar-refractivity contribution is 5.97. The Hall–Kier alpha value is -3.02. The molecule has 0 unspecified atom stereocenters. The second kappa shape index (κ2) is 7.31. The number of hydrogen-bond acceptors (Lipinski definition) is 3. The number of aliphatic imine (C=N–C) groups is 1. The molecule has 2 N–H and O–H groups in total. The third-order valence-electron chi connectivity index (χ3n) is 3.32. The van der Waals surface area contributed by atoms with Gasteiger partial charge >= 0.3 is 0 Å². The SMILES string of the molecule is C=N/C(=C\C(=C/C)c1cn[nH]c1-c1ccc(F)cc1)C(=O)NC. The maximum absolute atomic E-state index is 13.1. The number of aromatic amines is 1. The van der Waals surface area contributed by atoms with E-state index in [0.29, 0.717) is 0 Å². The van der Waals surface area contributed by atoms with E-state index >= 15 is 0 Å². The van der Waals surface area contributed by atoms with Gasteiger partial charge in [-0.05, 0) is 49.6 Å². The van der Waals surface area contributed by atoms with Gasteiger partial charge in [0.15, 0.2) is 0 Å². The monoisotopic (exact) mass is 312 g/mol. The third kappa shape index (κ3) is 3.60. The molecule has 0 aliphatic heterocycles. The molecule has 1 heterocycles. The van der Waals surface area contributed by atoms with Crippen LogP contribution in [-0.2, 0) is 4.79 Å². The summed E-state index contributed by atoms with van der Waals surface area (Å²) in [5.41, 5.74) is 3.26. The van der Waals surface area contributed by atoms with Crippen LogP contribution in [0.4, 0.5) is 4.39 Å². The lowest BCUT2D eigenvalue weighted by molar-refractivity contribution is -0.117. The minimum absolute atomic E-state index is 0.201. The summed E-state index contributed by atoms with van der Waals surface area (Å²) in [7, 11) is 1.53. The Bertz CT molecular complexity index is 772. The maximum Gasteiger partial charge on any atom is 0.269 e. The zero-order valence-electron chi connectivity index (χ0n) is 12.9. The fraction of sp³-hybridized carbons (Fsp3) is 0.118. The van der Waals surface area contributed by atoms with Gasteiger partial charge in [-0.2, -0.15) is 5.10 Å². The molecule has 2 aromatic rings. The molecule has 1 aromatic carbocycles. The van der Waals surface area contributed by atoms with Crippen LogP contribution in [0.1, 0.15) is 12.5 Å². The largest absolute Gasteiger partial charge is 0.354 e. The standard InChI is InChI=1S/C17H17FN4O/c1-4-11(9-15(19-2)17(23)20-3)14-10-21-22-16(14)12-5-7-13(18)8-6-12/h4-10H,2H2,1,3H3,(H,20,23)(H,21,22)/b11-4+,15-9-. The zero-order valence-corrected chi connectivity index (χ0v) is 12.9. The molecule has 23 heavy (non-hydrogen) atoms. The van der Waals surface area contributed by atoms with Crippen molar-refractivity contribution in [2.24, 2.45) is 4.99 Å². The molecule has 0 bridgehead atoms. The molecule has 0 atom stereocenters. The van der Waals surface area contributed by atoms with Crippen molar-refractivity contribution in [2.45, 2.75) is 6.92 Å². The Morgan fingerprint density at radius 3 is 2.65 bits per heavy atom. The number of amides is 1. The summed E-state index contributed by atoms with van der Waals surface area (Å²) >= 11 is 0. The van der Waals surface area contributed by atoms with Gasteiger partial charge in [0.2, 0.25) is 0 Å². The fourth-order valence-electron chi connectivity index (χ4n) is 2.12. The molecule has 1 amide bonds. The Labute approximate surface area is 133 Å². The first-order valence-electron chi connectivity index (χ1n) is 6.97. The van der Waals surface area contributed by atoms with Gasteiger partial charge < -0.3 is 5.32 Å². The number of likely N-dealkylation sites (N-methyl/N-ethyl adjacent to an activating group) is 1. The van der Waals surface area contributed by atoms with Gasteiger partial charge in [0.25, 0.3) is 5.91 Å². The number of carbonyl (C=O) groups is 1. The van der Waals surface area contributed by atoms with Gasteiger partial charge in [-0.15, -0.1) is 0 Å². The number of nitrogens with zero attached hydrogens (tertiary/aromatic N) is 2. The summed E-state index contributed by atoms with van der Waals surface area (Å²) < 4.78 is 13.1. The number of halogens is 1. The number of H-pyrrole nitrogens is 1. The van der Waals surface area contributed by atoms with Crippen molar-refractivity contribution in [2.75, 3.05) is 7.05 Å². The van der Waals surface area contributed by atoms with Crippen LogP contribution in [0.5, 0.6) is 0 Å². The molecule has 0 aliphatic rings. The number of carbonyl (C=O) groups excluding carboxylic acids is 1. The highest BCUT2D eigenvalue weighted by Crippen LogP contribution is 2.28. The molecule has 6 heteroatoms. The Balaban J connectivity index is 2.47. The maximum atomic E-state index is 13.1. The van der Waals surface area contributed by atoms with E-state index in [9.17, 15) is 9.18 Å². The van der Waals surface area contributed by atoms with E-state index in [1.807, 2.05) is 13.0 Å². The molecule has 1 aromatic heterocycles. The first-order valence-corrected chi connectivity index (χ1v) is 6.97. The molecule has 0 aliphatic carbocycles. The van der Waals surface area contributed by atoms with Gasteiger partial charge in [0.05, 0.1) is 11.9 Å². The van der Waals surface area contributed by atoms with E-state index in [0.717, 1.165) is 22.4 Å². The lowest BCUT2D eigenvalue weighted by Crippen LogP contribution is -2.19. The first kappa shape index (κ1) is 16.4. The fourth-order valence-corrected chi connectivity index (χ4v) is 2.12. The van der Waals surface area contributed by atoms with Gasteiger partial charge in [-0.1, -0.05) is 6.08 Å². The van der Waals surface area contributed by atoms with Crippen LogP contribution in [0.2, 0.25) is 0 Å².